The van der Waals surface area contributed by atoms with Crippen molar-refractivity contribution in [1.29, 1.82) is 0 Å². The minimum atomic E-state index is -4.80. The average Bonchev–Trinajstić information content (AvgIpc) is 3.23. The maximum Gasteiger partial charge on any atom is 0.586 e. The Labute approximate surface area is 177 Å². The predicted octanol–water partition coefficient (Wildman–Crippen LogP) is 3.68. The van der Waals surface area contributed by atoms with E-state index in [1.807, 2.05) is 0 Å². The molecule has 0 bridgehead atoms. The van der Waals surface area contributed by atoms with Crippen molar-refractivity contribution in [1.82, 2.24) is 19.7 Å². The predicted molar refractivity (Wildman–Crippen MR) is 98.6 cm³/mol. The van der Waals surface area contributed by atoms with Crippen LogP contribution in [0.5, 0.6) is 11.5 Å². The van der Waals surface area contributed by atoms with Crippen molar-refractivity contribution in [2.24, 2.45) is 7.05 Å². The Kier molecular flexibility index (Phi) is 4.87. The molecule has 1 aliphatic heterocycles. The largest absolute Gasteiger partial charge is 0.586 e. The van der Waals surface area contributed by atoms with E-state index in [0.29, 0.717) is 12.3 Å². The van der Waals surface area contributed by atoms with Gasteiger partial charge in [0.25, 0.3) is 0 Å². The molecule has 3 aromatic rings. The van der Waals surface area contributed by atoms with Gasteiger partial charge in [-0.15, -0.1) is 19.0 Å². The Morgan fingerprint density at radius 2 is 1.72 bits per heavy atom. The molecule has 0 N–H and O–H groups in total. The summed E-state index contributed by atoms with van der Waals surface area (Å²) in [5.74, 6) is -0.947. The van der Waals surface area contributed by atoms with E-state index in [0.717, 1.165) is 0 Å². The summed E-state index contributed by atoms with van der Waals surface area (Å²) in [6.45, 7) is 1.28. The minimum Gasteiger partial charge on any atom is -0.395 e. The number of sulfone groups is 1. The van der Waals surface area contributed by atoms with Crippen LogP contribution in [0.25, 0.3) is 22.9 Å². The van der Waals surface area contributed by atoms with Crippen LogP contribution in [0, 0.1) is 0 Å². The third-order valence-corrected chi connectivity index (χ3v) is 6.38. The normalized spacial score (nSPS) is 15.2. The zero-order valence-corrected chi connectivity index (χ0v) is 17.1. The molecule has 8 nitrogen and oxygen atoms in total. The van der Waals surface area contributed by atoms with Gasteiger partial charge in [-0.3, -0.25) is 4.98 Å². The second kappa shape index (κ2) is 7.12. The first-order valence-electron chi connectivity index (χ1n) is 8.92. The Morgan fingerprint density at radius 1 is 1.06 bits per heavy atom. The van der Waals surface area contributed by atoms with Gasteiger partial charge in [-0.05, 0) is 24.3 Å². The lowest BCUT2D eigenvalue weighted by molar-refractivity contribution is -0.286. The third-order valence-electron chi connectivity index (χ3n) is 4.64. The van der Waals surface area contributed by atoms with E-state index >= 15 is 0 Å². The topological polar surface area (TPSA) is 96.2 Å². The van der Waals surface area contributed by atoms with Crippen LogP contribution in [-0.4, -0.2) is 40.2 Å². The van der Waals surface area contributed by atoms with Gasteiger partial charge in [0, 0.05) is 18.8 Å². The molecule has 3 heterocycles. The molecule has 1 aromatic carbocycles. The van der Waals surface area contributed by atoms with Crippen molar-refractivity contribution in [3.05, 3.63) is 36.0 Å². The Morgan fingerprint density at radius 3 is 2.38 bits per heavy atom. The van der Waals surface area contributed by atoms with E-state index in [4.69, 9.17) is 0 Å². The van der Waals surface area contributed by atoms with Crippen molar-refractivity contribution in [2.45, 2.75) is 24.3 Å². The Bertz CT molecular complexity index is 1320. The van der Waals surface area contributed by atoms with Gasteiger partial charge < -0.3 is 14.0 Å². The molecule has 0 saturated heterocycles. The van der Waals surface area contributed by atoms with Gasteiger partial charge in [0.15, 0.2) is 33.0 Å². The highest BCUT2D eigenvalue weighted by molar-refractivity contribution is 7.91. The van der Waals surface area contributed by atoms with Crippen LogP contribution >= 0.6 is 0 Å². The van der Waals surface area contributed by atoms with Crippen molar-refractivity contribution < 1.29 is 39.8 Å². The van der Waals surface area contributed by atoms with E-state index in [-0.39, 0.29) is 34.4 Å². The molecular weight excluding hydrogens is 463 g/mol. The summed E-state index contributed by atoms with van der Waals surface area (Å²) < 4.78 is 101. The van der Waals surface area contributed by atoms with Crippen LogP contribution in [0.15, 0.2) is 35.4 Å². The van der Waals surface area contributed by atoms with E-state index in [2.05, 4.69) is 24.7 Å². The number of rotatable bonds is 4. The first-order valence-corrected chi connectivity index (χ1v) is 10.6. The first kappa shape index (κ1) is 21.9. The molecule has 0 unspecified atom stereocenters. The number of benzene rings is 1. The maximum atomic E-state index is 13.3. The van der Waals surface area contributed by atoms with Crippen molar-refractivity contribution in [3.63, 3.8) is 0 Å². The summed E-state index contributed by atoms with van der Waals surface area (Å²) in [5, 5.41) is 7.79. The van der Waals surface area contributed by atoms with E-state index < -0.39 is 38.5 Å². The molecule has 0 atom stereocenters. The number of fused-ring (bicyclic) bond motifs is 1. The monoisotopic (exact) mass is 476 g/mol. The number of nitrogens with zero attached hydrogens (tertiary/aromatic N) is 4. The second-order valence-corrected chi connectivity index (χ2v) is 8.95. The maximum absolute atomic E-state index is 13.3. The fraction of sp³-hybridized carbons (Fsp3) is 0.278. The highest BCUT2D eigenvalue weighted by Gasteiger charge is 2.43. The quantitative estimate of drug-likeness (QED) is 0.530. The number of alkyl halides is 5. The third kappa shape index (κ3) is 3.74. The molecule has 32 heavy (non-hydrogen) atoms. The highest BCUT2D eigenvalue weighted by Crippen LogP contribution is 2.43. The number of hydrogen-bond donors (Lipinski definition) is 0. The van der Waals surface area contributed by atoms with Crippen molar-refractivity contribution >= 4 is 9.84 Å². The number of hydrogen-bond acceptors (Lipinski definition) is 7. The zero-order chi connectivity index (χ0) is 23.5. The zero-order valence-electron chi connectivity index (χ0n) is 16.3. The molecule has 0 fully saturated rings. The molecule has 170 valence electrons. The lowest BCUT2D eigenvalue weighted by Gasteiger charge is -2.12. The van der Waals surface area contributed by atoms with Crippen LogP contribution in [0.4, 0.5) is 22.0 Å². The van der Waals surface area contributed by atoms with Crippen LogP contribution in [-0.2, 0) is 23.1 Å². The number of halogens is 5. The number of pyridine rings is 1. The summed E-state index contributed by atoms with van der Waals surface area (Å²) in [7, 11) is -2.69. The summed E-state index contributed by atoms with van der Waals surface area (Å²) in [6.07, 6.45) is -8.12. The molecule has 1 aliphatic rings. The fourth-order valence-electron chi connectivity index (χ4n) is 3.03. The van der Waals surface area contributed by atoms with Crippen LogP contribution in [0.3, 0.4) is 0 Å². The molecule has 0 amide bonds. The summed E-state index contributed by atoms with van der Waals surface area (Å²) >= 11 is 0. The highest BCUT2D eigenvalue weighted by atomic mass is 32.2. The van der Waals surface area contributed by atoms with E-state index in [1.165, 1.54) is 36.7 Å². The van der Waals surface area contributed by atoms with Gasteiger partial charge in [0.05, 0.1) is 16.2 Å². The Hall–Kier alpha value is -3.29. The van der Waals surface area contributed by atoms with Gasteiger partial charge in [-0.2, -0.15) is 13.2 Å². The van der Waals surface area contributed by atoms with Crippen LogP contribution in [0.1, 0.15) is 12.5 Å². The van der Waals surface area contributed by atoms with Gasteiger partial charge in [-0.1, -0.05) is 6.92 Å². The average molecular weight is 476 g/mol. The molecule has 0 aliphatic carbocycles. The summed E-state index contributed by atoms with van der Waals surface area (Å²) in [5.41, 5.74) is -1.29. The molecular formula is C18H13F5N4O4S. The smallest absolute Gasteiger partial charge is 0.395 e. The van der Waals surface area contributed by atoms with E-state index in [1.54, 1.807) is 0 Å². The number of aromatic nitrogens is 4. The standard InChI is InChI=1S/C18H13F5N4O4S/c1-3-32(28,29)13-7-10(17(19,20)21)8-24-14(13)16-26-25-15(27(16)2)9-4-5-11-12(6-9)31-18(22,23)30-11/h4-8H,3H2,1-2H3. The lowest BCUT2D eigenvalue weighted by atomic mass is 10.2. The molecule has 4 rings (SSSR count). The summed E-state index contributed by atoms with van der Waals surface area (Å²) in [6, 6.07) is 4.33. The van der Waals surface area contributed by atoms with E-state index in [9.17, 15) is 30.4 Å². The molecule has 2 aromatic heterocycles. The Balaban J connectivity index is 1.83. The van der Waals surface area contributed by atoms with Gasteiger partial charge >= 0.3 is 12.5 Å². The van der Waals surface area contributed by atoms with Crippen LogP contribution < -0.4 is 9.47 Å². The number of ether oxygens (including phenoxy) is 2. The SMILES string of the molecule is CCS(=O)(=O)c1cc(C(F)(F)F)cnc1-c1nnc(-c2ccc3c(c2)OC(F)(F)O3)n1C. The first-order chi connectivity index (χ1) is 14.8. The lowest BCUT2D eigenvalue weighted by Crippen LogP contribution is -2.25. The molecule has 0 radical (unpaired) electrons. The fourth-order valence-corrected chi connectivity index (χ4v) is 4.09. The molecule has 0 spiro atoms. The molecule has 0 saturated carbocycles. The minimum absolute atomic E-state index is 0.100. The van der Waals surface area contributed by atoms with Crippen molar-refractivity contribution in [3.8, 4) is 34.4 Å². The van der Waals surface area contributed by atoms with Gasteiger partial charge in [0.2, 0.25) is 0 Å². The van der Waals surface area contributed by atoms with Crippen LogP contribution in [0.2, 0.25) is 0 Å². The summed E-state index contributed by atoms with van der Waals surface area (Å²) in [4.78, 5) is 3.06. The van der Waals surface area contributed by atoms with Gasteiger partial charge in [0.1, 0.15) is 5.69 Å². The van der Waals surface area contributed by atoms with Gasteiger partial charge in [-0.25, -0.2) is 8.42 Å². The molecule has 14 heteroatoms. The van der Waals surface area contributed by atoms with Crippen molar-refractivity contribution in [2.75, 3.05) is 5.75 Å². The second-order valence-electron chi connectivity index (χ2n) is 6.71.